The number of anilines is 1. The second-order valence-electron chi connectivity index (χ2n) is 6.38. The van der Waals surface area contributed by atoms with Crippen LogP contribution < -0.4 is 4.90 Å². The number of β-amino-alcohol motifs (C(OH)–C–C–N with tert-alkyl or cyclic N) is 1. The summed E-state index contributed by atoms with van der Waals surface area (Å²) in [7, 11) is 0. The van der Waals surface area contributed by atoms with Crippen molar-refractivity contribution in [3.63, 3.8) is 0 Å². The summed E-state index contributed by atoms with van der Waals surface area (Å²) in [6.45, 7) is 4.72. The molecule has 0 aromatic heterocycles. The molecule has 0 amide bonds. The second kappa shape index (κ2) is 8.94. The number of hydrogen-bond donors (Lipinski definition) is 1. The average Bonchev–Trinajstić information content (AvgIpc) is 2.65. The lowest BCUT2D eigenvalue weighted by Crippen LogP contribution is -2.49. The van der Waals surface area contributed by atoms with Crippen LogP contribution in [-0.2, 0) is 11.3 Å². The van der Waals surface area contributed by atoms with Crippen molar-refractivity contribution < 1.29 is 14.2 Å². The van der Waals surface area contributed by atoms with Crippen molar-refractivity contribution in [1.29, 1.82) is 0 Å². The van der Waals surface area contributed by atoms with Crippen molar-refractivity contribution in [2.45, 2.75) is 12.7 Å². The van der Waals surface area contributed by atoms with Gasteiger partial charge in [-0.1, -0.05) is 36.4 Å². The van der Waals surface area contributed by atoms with Gasteiger partial charge in [0.2, 0.25) is 0 Å². The lowest BCUT2D eigenvalue weighted by Gasteiger charge is -2.36. The number of piperazine rings is 1. The fourth-order valence-electron chi connectivity index (χ4n) is 3.10. The predicted molar refractivity (Wildman–Crippen MR) is 97.2 cm³/mol. The zero-order chi connectivity index (χ0) is 17.5. The Morgan fingerprint density at radius 2 is 1.64 bits per heavy atom. The molecule has 1 heterocycles. The molecule has 1 N–H and O–H groups in total. The van der Waals surface area contributed by atoms with Crippen LogP contribution in [-0.4, -0.2) is 55.4 Å². The molecule has 0 aliphatic carbocycles. The van der Waals surface area contributed by atoms with E-state index in [2.05, 4.69) is 34.1 Å². The van der Waals surface area contributed by atoms with E-state index in [0.717, 1.165) is 26.2 Å². The molecule has 0 spiro atoms. The maximum Gasteiger partial charge on any atom is 0.128 e. The van der Waals surface area contributed by atoms with E-state index in [-0.39, 0.29) is 19.0 Å². The molecule has 2 aromatic carbocycles. The molecule has 3 rings (SSSR count). The third-order valence-corrected chi connectivity index (χ3v) is 4.49. The van der Waals surface area contributed by atoms with E-state index in [4.69, 9.17) is 4.74 Å². The third-order valence-electron chi connectivity index (χ3n) is 4.49. The van der Waals surface area contributed by atoms with E-state index in [0.29, 0.717) is 12.1 Å². The van der Waals surface area contributed by atoms with Crippen molar-refractivity contribution in [3.05, 3.63) is 66.0 Å². The third kappa shape index (κ3) is 5.26. The highest BCUT2D eigenvalue weighted by atomic mass is 19.1. The van der Waals surface area contributed by atoms with Crippen molar-refractivity contribution in [2.75, 3.05) is 44.2 Å². The molecule has 134 valence electrons. The summed E-state index contributed by atoms with van der Waals surface area (Å²) in [5.41, 5.74) is 1.77. The lowest BCUT2D eigenvalue weighted by atomic mass is 10.2. The minimum Gasteiger partial charge on any atom is -0.389 e. The largest absolute Gasteiger partial charge is 0.389 e. The fourth-order valence-corrected chi connectivity index (χ4v) is 3.10. The summed E-state index contributed by atoms with van der Waals surface area (Å²) >= 11 is 0. The summed E-state index contributed by atoms with van der Waals surface area (Å²) < 4.78 is 19.0. The Hall–Kier alpha value is -1.95. The van der Waals surface area contributed by atoms with Crippen molar-refractivity contribution >= 4 is 5.69 Å². The van der Waals surface area contributed by atoms with Crippen LogP contribution in [0.15, 0.2) is 54.6 Å². The van der Waals surface area contributed by atoms with Crippen LogP contribution in [0.5, 0.6) is 0 Å². The highest BCUT2D eigenvalue weighted by molar-refractivity contribution is 5.46. The van der Waals surface area contributed by atoms with Gasteiger partial charge >= 0.3 is 0 Å². The predicted octanol–water partition coefficient (Wildman–Crippen LogP) is 2.53. The van der Waals surface area contributed by atoms with E-state index >= 15 is 0 Å². The highest BCUT2D eigenvalue weighted by Crippen LogP contribution is 2.15. The molecule has 1 atom stereocenters. The summed E-state index contributed by atoms with van der Waals surface area (Å²) in [5.74, 6) is -0.269. The summed E-state index contributed by atoms with van der Waals surface area (Å²) in [6, 6.07) is 16.9. The van der Waals surface area contributed by atoms with Crippen LogP contribution >= 0.6 is 0 Å². The maximum atomic E-state index is 13.5. The Bertz CT molecular complexity index is 645. The molecule has 4 nitrogen and oxygen atoms in total. The number of rotatable bonds is 7. The molecule has 0 radical (unpaired) electrons. The van der Waals surface area contributed by atoms with E-state index in [1.807, 2.05) is 6.07 Å². The van der Waals surface area contributed by atoms with E-state index in [1.165, 1.54) is 11.8 Å². The van der Waals surface area contributed by atoms with Gasteiger partial charge in [-0.3, -0.25) is 4.90 Å². The number of para-hydroxylation sites is 1. The number of ether oxygens (including phenoxy) is 1. The Morgan fingerprint density at radius 1 is 0.960 bits per heavy atom. The highest BCUT2D eigenvalue weighted by Gasteiger charge is 2.19. The molecule has 1 aliphatic heterocycles. The normalized spacial score (nSPS) is 16.8. The van der Waals surface area contributed by atoms with Gasteiger partial charge in [0, 0.05) is 44.0 Å². The Labute approximate surface area is 148 Å². The summed E-state index contributed by atoms with van der Waals surface area (Å²) in [5, 5.41) is 10.2. The first kappa shape index (κ1) is 17.9. The van der Waals surface area contributed by atoms with Gasteiger partial charge in [-0.25, -0.2) is 4.39 Å². The van der Waals surface area contributed by atoms with Crippen LogP contribution in [0.3, 0.4) is 0 Å². The minimum atomic E-state index is -0.560. The van der Waals surface area contributed by atoms with E-state index in [1.54, 1.807) is 18.2 Å². The van der Waals surface area contributed by atoms with Crippen LogP contribution in [0.2, 0.25) is 0 Å². The first-order valence-corrected chi connectivity index (χ1v) is 8.74. The topological polar surface area (TPSA) is 35.9 Å². The number of aliphatic hydroxyl groups excluding tert-OH is 1. The molecule has 25 heavy (non-hydrogen) atoms. The standard InChI is InChI=1S/C20H25FN2O2/c21-20-9-5-4-6-17(20)15-25-16-19(24)14-22-10-12-23(13-11-22)18-7-2-1-3-8-18/h1-9,19,24H,10-16H2. The van der Waals surface area contributed by atoms with Crippen molar-refractivity contribution in [3.8, 4) is 0 Å². The van der Waals surface area contributed by atoms with Gasteiger partial charge < -0.3 is 14.7 Å². The van der Waals surface area contributed by atoms with Gasteiger partial charge in [-0.15, -0.1) is 0 Å². The Morgan fingerprint density at radius 3 is 2.36 bits per heavy atom. The first-order valence-electron chi connectivity index (χ1n) is 8.74. The molecule has 5 heteroatoms. The van der Waals surface area contributed by atoms with Gasteiger partial charge in [0.1, 0.15) is 5.82 Å². The summed E-state index contributed by atoms with van der Waals surface area (Å²) in [4.78, 5) is 4.61. The van der Waals surface area contributed by atoms with E-state index in [9.17, 15) is 9.50 Å². The van der Waals surface area contributed by atoms with Crippen molar-refractivity contribution in [1.82, 2.24) is 4.90 Å². The SMILES string of the molecule is OC(COCc1ccccc1F)CN1CCN(c2ccccc2)CC1. The second-order valence-corrected chi connectivity index (χ2v) is 6.38. The smallest absolute Gasteiger partial charge is 0.128 e. The molecule has 1 unspecified atom stereocenters. The van der Waals surface area contributed by atoms with Gasteiger partial charge in [0.15, 0.2) is 0 Å². The molecule has 1 aliphatic rings. The monoisotopic (exact) mass is 344 g/mol. The van der Waals surface area contributed by atoms with Gasteiger partial charge in [-0.2, -0.15) is 0 Å². The molecule has 1 fully saturated rings. The molecular weight excluding hydrogens is 319 g/mol. The zero-order valence-electron chi connectivity index (χ0n) is 14.4. The minimum absolute atomic E-state index is 0.186. The van der Waals surface area contributed by atoms with Crippen molar-refractivity contribution in [2.24, 2.45) is 0 Å². The number of halogens is 1. The molecule has 2 aromatic rings. The number of hydrogen-bond acceptors (Lipinski definition) is 4. The van der Waals surface area contributed by atoms with Crippen LogP contribution in [0, 0.1) is 5.82 Å². The summed E-state index contributed by atoms with van der Waals surface area (Å²) in [6.07, 6.45) is -0.560. The number of nitrogens with zero attached hydrogens (tertiary/aromatic N) is 2. The maximum absolute atomic E-state index is 13.5. The first-order chi connectivity index (χ1) is 12.2. The number of aliphatic hydroxyl groups is 1. The number of benzene rings is 2. The van der Waals surface area contributed by atoms with Gasteiger partial charge in [-0.05, 0) is 18.2 Å². The molecule has 0 saturated carbocycles. The Balaban J connectivity index is 1.36. The van der Waals surface area contributed by atoms with Crippen LogP contribution in [0.1, 0.15) is 5.56 Å². The zero-order valence-corrected chi connectivity index (χ0v) is 14.4. The quantitative estimate of drug-likeness (QED) is 0.837. The molecule has 0 bridgehead atoms. The van der Waals surface area contributed by atoms with E-state index < -0.39 is 6.10 Å². The average molecular weight is 344 g/mol. The molecular formula is C20H25FN2O2. The Kier molecular flexibility index (Phi) is 6.39. The lowest BCUT2D eigenvalue weighted by molar-refractivity contribution is 0.00839. The fraction of sp³-hybridized carbons (Fsp3) is 0.400. The van der Waals surface area contributed by atoms with Crippen LogP contribution in [0.4, 0.5) is 10.1 Å². The van der Waals surface area contributed by atoms with Gasteiger partial charge in [0.05, 0.1) is 19.3 Å². The molecule has 1 saturated heterocycles. The van der Waals surface area contributed by atoms with Gasteiger partial charge in [0.25, 0.3) is 0 Å². The van der Waals surface area contributed by atoms with Crippen LogP contribution in [0.25, 0.3) is 0 Å².